The van der Waals surface area contributed by atoms with Crippen molar-refractivity contribution in [1.29, 1.82) is 0 Å². The van der Waals surface area contributed by atoms with Crippen LogP contribution in [0.15, 0.2) is 29.2 Å². The maximum Gasteiger partial charge on any atom is 0.288 e. The predicted octanol–water partition coefficient (Wildman–Crippen LogP) is 3.14. The van der Waals surface area contributed by atoms with Gasteiger partial charge in [-0.1, -0.05) is 25.6 Å². The molecule has 6 heteroatoms. The number of carbonyl (C=O) groups is 1. The van der Waals surface area contributed by atoms with E-state index in [1.807, 2.05) is 13.8 Å². The molecule has 0 aromatic heterocycles. The van der Waals surface area contributed by atoms with Crippen molar-refractivity contribution in [1.82, 2.24) is 5.32 Å². The second kappa shape index (κ2) is 7.59. The predicted molar refractivity (Wildman–Crippen MR) is 76.1 cm³/mol. The monoisotopic (exact) mass is 303 g/mol. The van der Waals surface area contributed by atoms with Gasteiger partial charge < -0.3 is 10.4 Å². The van der Waals surface area contributed by atoms with Crippen LogP contribution < -0.4 is 5.32 Å². The smallest absolute Gasteiger partial charge is 0.288 e. The number of nitrogens with one attached hydrogen (secondary N) is 1. The first-order valence-electron chi connectivity index (χ1n) is 6.28. The van der Waals surface area contributed by atoms with E-state index in [9.17, 15) is 13.6 Å². The Morgan fingerprint density at radius 3 is 2.45 bits per heavy atom. The van der Waals surface area contributed by atoms with Crippen molar-refractivity contribution in [2.75, 3.05) is 13.2 Å². The average molecular weight is 303 g/mol. The molecule has 0 saturated carbocycles. The summed E-state index contributed by atoms with van der Waals surface area (Å²) in [5.74, 6) is -2.71. The van der Waals surface area contributed by atoms with E-state index < -0.39 is 5.76 Å². The molecule has 0 saturated heterocycles. The fourth-order valence-corrected chi connectivity index (χ4v) is 2.10. The van der Waals surface area contributed by atoms with Crippen LogP contribution in [0.2, 0.25) is 0 Å². The number of carbonyl (C=O) groups excluding carboxylic acids is 1. The number of aliphatic hydroxyl groups is 1. The Labute approximate surface area is 121 Å². The van der Waals surface area contributed by atoms with Crippen molar-refractivity contribution in [3.05, 3.63) is 29.8 Å². The molecule has 3 nitrogen and oxygen atoms in total. The van der Waals surface area contributed by atoms with Crippen LogP contribution in [0.1, 0.15) is 30.6 Å². The van der Waals surface area contributed by atoms with Gasteiger partial charge in [0, 0.05) is 23.6 Å². The molecule has 0 bridgehead atoms. The van der Waals surface area contributed by atoms with E-state index in [-0.39, 0.29) is 17.9 Å². The number of thioether (sulfide) groups is 1. The highest BCUT2D eigenvalue weighted by atomic mass is 32.2. The summed E-state index contributed by atoms with van der Waals surface area (Å²) in [6, 6.07) is 6.06. The molecule has 0 fully saturated rings. The van der Waals surface area contributed by atoms with Crippen LogP contribution in [0.5, 0.6) is 0 Å². The lowest BCUT2D eigenvalue weighted by atomic mass is 9.89. The lowest BCUT2D eigenvalue weighted by molar-refractivity contribution is 0.0928. The fourth-order valence-electron chi connectivity index (χ4n) is 1.60. The van der Waals surface area contributed by atoms with Gasteiger partial charge >= 0.3 is 0 Å². The molecule has 1 amide bonds. The van der Waals surface area contributed by atoms with Crippen LogP contribution in [-0.4, -0.2) is 29.9 Å². The third kappa shape index (κ3) is 5.88. The maximum absolute atomic E-state index is 12.2. The van der Waals surface area contributed by atoms with Gasteiger partial charge in [0.15, 0.2) is 0 Å². The first kappa shape index (κ1) is 16.9. The van der Waals surface area contributed by atoms with Gasteiger partial charge in [-0.25, -0.2) is 0 Å². The molecule has 20 heavy (non-hydrogen) atoms. The average Bonchev–Trinajstić information content (AvgIpc) is 2.36. The van der Waals surface area contributed by atoms with Crippen LogP contribution in [0.4, 0.5) is 8.78 Å². The SMILES string of the molecule is CC(C)(CCO)CNC(=O)c1ccc(SC(F)F)cc1. The summed E-state index contributed by atoms with van der Waals surface area (Å²) in [7, 11) is 0. The van der Waals surface area contributed by atoms with Crippen LogP contribution in [0.25, 0.3) is 0 Å². The van der Waals surface area contributed by atoms with E-state index in [0.717, 1.165) is 0 Å². The largest absolute Gasteiger partial charge is 0.396 e. The molecule has 2 N–H and O–H groups in total. The summed E-state index contributed by atoms with van der Waals surface area (Å²) in [6.45, 7) is 4.42. The molecule has 0 aliphatic heterocycles. The fraction of sp³-hybridized carbons (Fsp3) is 0.500. The van der Waals surface area contributed by atoms with E-state index in [1.54, 1.807) is 0 Å². The minimum atomic E-state index is -2.46. The second-order valence-electron chi connectivity index (χ2n) is 5.22. The Morgan fingerprint density at radius 1 is 1.35 bits per heavy atom. The van der Waals surface area contributed by atoms with Crippen LogP contribution in [-0.2, 0) is 0 Å². The molecule has 0 radical (unpaired) electrons. The number of hydrogen-bond acceptors (Lipinski definition) is 3. The zero-order chi connectivity index (χ0) is 15.2. The minimum absolute atomic E-state index is 0.0718. The van der Waals surface area contributed by atoms with Crippen molar-refractivity contribution >= 4 is 17.7 Å². The van der Waals surface area contributed by atoms with Gasteiger partial charge in [0.05, 0.1) is 0 Å². The lowest BCUT2D eigenvalue weighted by Crippen LogP contribution is -2.34. The Kier molecular flexibility index (Phi) is 6.42. The van der Waals surface area contributed by atoms with E-state index in [1.165, 1.54) is 24.3 Å². The van der Waals surface area contributed by atoms with Crippen LogP contribution in [0, 0.1) is 5.41 Å². The molecule has 0 aliphatic carbocycles. The summed E-state index contributed by atoms with van der Waals surface area (Å²) in [5.41, 5.74) is 0.249. The van der Waals surface area contributed by atoms with Gasteiger partial charge in [0.25, 0.3) is 11.7 Å². The second-order valence-corrected chi connectivity index (χ2v) is 6.29. The third-order valence-electron chi connectivity index (χ3n) is 2.86. The van der Waals surface area contributed by atoms with E-state index in [2.05, 4.69) is 5.32 Å². The Hall–Kier alpha value is -1.14. The molecular weight excluding hydrogens is 284 g/mol. The molecule has 0 atom stereocenters. The Morgan fingerprint density at radius 2 is 1.95 bits per heavy atom. The van der Waals surface area contributed by atoms with Crippen LogP contribution in [0.3, 0.4) is 0 Å². The van der Waals surface area contributed by atoms with Crippen molar-refractivity contribution in [2.45, 2.75) is 30.9 Å². The molecule has 0 heterocycles. The van der Waals surface area contributed by atoms with Crippen molar-refractivity contribution in [3.63, 3.8) is 0 Å². The molecule has 0 unspecified atom stereocenters. The summed E-state index contributed by atoms with van der Waals surface area (Å²) >= 11 is 0.450. The normalized spacial score (nSPS) is 11.7. The van der Waals surface area contributed by atoms with Gasteiger partial charge in [0.2, 0.25) is 0 Å². The number of aliphatic hydroxyl groups excluding tert-OH is 1. The van der Waals surface area contributed by atoms with Gasteiger partial charge in [-0.3, -0.25) is 4.79 Å². The van der Waals surface area contributed by atoms with Crippen molar-refractivity contribution in [3.8, 4) is 0 Å². The van der Waals surface area contributed by atoms with Gasteiger partial charge in [-0.2, -0.15) is 8.78 Å². The standard InChI is InChI=1S/C14H19F2NO2S/c1-14(2,7-8-18)9-17-12(19)10-3-5-11(6-4-10)20-13(15)16/h3-6,13,18H,7-9H2,1-2H3,(H,17,19). The van der Waals surface area contributed by atoms with Gasteiger partial charge in [0.1, 0.15) is 0 Å². The van der Waals surface area contributed by atoms with E-state index in [0.29, 0.717) is 35.2 Å². The maximum atomic E-state index is 12.2. The highest BCUT2D eigenvalue weighted by Crippen LogP contribution is 2.25. The number of hydrogen-bond donors (Lipinski definition) is 2. The molecule has 1 aromatic carbocycles. The summed E-state index contributed by atoms with van der Waals surface area (Å²) in [6.07, 6.45) is 0.594. The zero-order valence-electron chi connectivity index (χ0n) is 11.5. The molecule has 1 rings (SSSR count). The number of halogens is 2. The number of amides is 1. The summed E-state index contributed by atoms with van der Waals surface area (Å²) in [4.78, 5) is 12.3. The number of rotatable bonds is 7. The first-order valence-corrected chi connectivity index (χ1v) is 7.16. The third-order valence-corrected chi connectivity index (χ3v) is 3.58. The topological polar surface area (TPSA) is 49.3 Å². The van der Waals surface area contributed by atoms with Crippen molar-refractivity contribution in [2.24, 2.45) is 5.41 Å². The minimum Gasteiger partial charge on any atom is -0.396 e. The van der Waals surface area contributed by atoms with E-state index in [4.69, 9.17) is 5.11 Å². The Bertz CT molecular complexity index is 435. The van der Waals surface area contributed by atoms with Gasteiger partial charge in [-0.05, 0) is 36.1 Å². The summed E-state index contributed by atoms with van der Waals surface area (Å²) < 4.78 is 24.3. The Balaban J connectivity index is 2.55. The first-order chi connectivity index (χ1) is 9.34. The highest BCUT2D eigenvalue weighted by Gasteiger charge is 2.18. The van der Waals surface area contributed by atoms with E-state index >= 15 is 0 Å². The lowest BCUT2D eigenvalue weighted by Gasteiger charge is -2.23. The number of benzene rings is 1. The summed E-state index contributed by atoms with van der Waals surface area (Å²) in [5, 5.41) is 11.7. The molecule has 112 valence electrons. The van der Waals surface area contributed by atoms with Gasteiger partial charge in [-0.15, -0.1) is 0 Å². The quantitative estimate of drug-likeness (QED) is 0.761. The van der Waals surface area contributed by atoms with Crippen LogP contribution >= 0.6 is 11.8 Å². The molecule has 0 aliphatic rings. The zero-order valence-corrected chi connectivity index (χ0v) is 12.3. The number of alkyl halides is 2. The highest BCUT2D eigenvalue weighted by molar-refractivity contribution is 7.99. The van der Waals surface area contributed by atoms with Crippen molar-refractivity contribution < 1.29 is 18.7 Å². The molecule has 1 aromatic rings. The molecular formula is C14H19F2NO2S. The molecule has 0 spiro atoms.